The van der Waals surface area contributed by atoms with Crippen molar-refractivity contribution in [1.29, 1.82) is 0 Å². The van der Waals surface area contributed by atoms with Crippen molar-refractivity contribution in [1.82, 2.24) is 9.97 Å². The molecular formula is C13H14N2O2. The Labute approximate surface area is 99.7 Å². The minimum absolute atomic E-state index is 0.464. The van der Waals surface area contributed by atoms with Gasteiger partial charge in [0.2, 0.25) is 0 Å². The number of carbonyl (C=O) groups is 1. The van der Waals surface area contributed by atoms with Gasteiger partial charge >= 0.3 is 0 Å². The maximum absolute atomic E-state index is 10.9. The first-order valence-corrected chi connectivity index (χ1v) is 5.31. The van der Waals surface area contributed by atoms with E-state index in [0.29, 0.717) is 11.4 Å². The Kier molecular flexibility index (Phi) is 2.95. The van der Waals surface area contributed by atoms with Gasteiger partial charge in [0.1, 0.15) is 17.1 Å². The molecule has 0 saturated heterocycles. The number of nitrogens with one attached hydrogen (secondary N) is 1. The van der Waals surface area contributed by atoms with Crippen molar-refractivity contribution in [3.8, 4) is 17.0 Å². The number of H-pyrrole nitrogens is 1. The minimum Gasteiger partial charge on any atom is -0.496 e. The lowest BCUT2D eigenvalue weighted by Crippen LogP contribution is -1.94. The molecule has 0 amide bonds. The molecule has 0 aliphatic heterocycles. The van der Waals surface area contributed by atoms with E-state index in [2.05, 4.69) is 9.97 Å². The predicted octanol–water partition coefficient (Wildman–Crippen LogP) is 2.51. The molecule has 1 aromatic heterocycles. The lowest BCUT2D eigenvalue weighted by Gasteiger charge is -2.10. The van der Waals surface area contributed by atoms with Crippen LogP contribution in [-0.2, 0) is 0 Å². The summed E-state index contributed by atoms with van der Waals surface area (Å²) < 4.78 is 5.33. The topological polar surface area (TPSA) is 55.0 Å². The number of rotatable bonds is 3. The third-order valence-corrected chi connectivity index (χ3v) is 2.86. The number of aromatic amines is 1. The Morgan fingerprint density at radius 2 is 2.00 bits per heavy atom. The molecule has 0 saturated carbocycles. The average Bonchev–Trinajstić information content (AvgIpc) is 2.80. The number of hydrogen-bond donors (Lipinski definition) is 1. The van der Waals surface area contributed by atoms with E-state index in [1.54, 1.807) is 7.11 Å². The molecule has 0 radical (unpaired) electrons. The smallest absolute Gasteiger partial charge is 0.168 e. The quantitative estimate of drug-likeness (QED) is 0.824. The normalized spacial score (nSPS) is 10.3. The van der Waals surface area contributed by atoms with Gasteiger partial charge in [-0.05, 0) is 37.1 Å². The van der Waals surface area contributed by atoms with E-state index in [0.717, 1.165) is 28.7 Å². The third-order valence-electron chi connectivity index (χ3n) is 2.86. The van der Waals surface area contributed by atoms with Gasteiger partial charge in [0.15, 0.2) is 6.29 Å². The molecule has 2 aromatic rings. The molecular weight excluding hydrogens is 216 g/mol. The molecule has 1 aromatic carbocycles. The lowest BCUT2D eigenvalue weighted by molar-refractivity contribution is 0.112. The SMILES string of the molecule is COc1cc(C)c(C)cc1-c1nc[nH]c1C=O. The summed E-state index contributed by atoms with van der Waals surface area (Å²) in [5.74, 6) is 0.725. The van der Waals surface area contributed by atoms with E-state index in [1.807, 2.05) is 26.0 Å². The number of methoxy groups -OCH3 is 1. The summed E-state index contributed by atoms with van der Waals surface area (Å²) in [6, 6.07) is 3.94. The second-order valence-corrected chi connectivity index (χ2v) is 3.92. The number of nitrogens with zero attached hydrogens (tertiary/aromatic N) is 1. The van der Waals surface area contributed by atoms with Crippen molar-refractivity contribution in [2.75, 3.05) is 7.11 Å². The third kappa shape index (κ3) is 1.93. The van der Waals surface area contributed by atoms with Gasteiger partial charge in [-0.15, -0.1) is 0 Å². The fourth-order valence-corrected chi connectivity index (χ4v) is 1.75. The zero-order chi connectivity index (χ0) is 12.4. The lowest BCUT2D eigenvalue weighted by atomic mass is 10.0. The van der Waals surface area contributed by atoms with Crippen LogP contribution in [-0.4, -0.2) is 23.4 Å². The van der Waals surface area contributed by atoms with Crippen molar-refractivity contribution in [2.24, 2.45) is 0 Å². The van der Waals surface area contributed by atoms with E-state index >= 15 is 0 Å². The molecule has 0 fully saturated rings. The van der Waals surface area contributed by atoms with Crippen molar-refractivity contribution in [3.05, 3.63) is 35.3 Å². The van der Waals surface area contributed by atoms with E-state index in [-0.39, 0.29) is 0 Å². The van der Waals surface area contributed by atoms with Crippen molar-refractivity contribution in [2.45, 2.75) is 13.8 Å². The Morgan fingerprint density at radius 3 is 2.65 bits per heavy atom. The van der Waals surface area contributed by atoms with Crippen LogP contribution in [0.5, 0.6) is 5.75 Å². The van der Waals surface area contributed by atoms with Crippen LogP contribution in [0.4, 0.5) is 0 Å². The maximum Gasteiger partial charge on any atom is 0.168 e. The molecule has 2 rings (SSSR count). The predicted molar refractivity (Wildman–Crippen MR) is 65.4 cm³/mol. The standard InChI is InChI=1S/C13H14N2O2/c1-8-4-10(12(17-3)5-9(8)2)13-11(6-16)14-7-15-13/h4-7H,1-3H3,(H,14,15). The van der Waals surface area contributed by atoms with Crippen molar-refractivity contribution >= 4 is 6.29 Å². The van der Waals surface area contributed by atoms with E-state index < -0.39 is 0 Å². The van der Waals surface area contributed by atoms with Gasteiger partial charge in [-0.1, -0.05) is 0 Å². The molecule has 0 spiro atoms. The van der Waals surface area contributed by atoms with Gasteiger partial charge in [-0.3, -0.25) is 4.79 Å². The summed E-state index contributed by atoms with van der Waals surface area (Å²) in [4.78, 5) is 17.9. The Balaban J connectivity index is 2.66. The van der Waals surface area contributed by atoms with Crippen LogP contribution in [0.1, 0.15) is 21.6 Å². The number of aryl methyl sites for hydroxylation is 2. The fourth-order valence-electron chi connectivity index (χ4n) is 1.75. The fraction of sp³-hybridized carbons (Fsp3) is 0.231. The summed E-state index contributed by atoms with van der Waals surface area (Å²) in [6.07, 6.45) is 2.27. The largest absolute Gasteiger partial charge is 0.496 e. The number of aldehydes is 1. The zero-order valence-corrected chi connectivity index (χ0v) is 10.1. The average molecular weight is 230 g/mol. The van der Waals surface area contributed by atoms with Crippen LogP contribution in [0.3, 0.4) is 0 Å². The molecule has 88 valence electrons. The molecule has 4 heteroatoms. The number of hydrogen-bond acceptors (Lipinski definition) is 3. The molecule has 0 atom stereocenters. The summed E-state index contributed by atoms with van der Waals surface area (Å²) in [5.41, 5.74) is 4.21. The van der Waals surface area contributed by atoms with Crippen LogP contribution in [0.15, 0.2) is 18.5 Å². The molecule has 4 nitrogen and oxygen atoms in total. The van der Waals surface area contributed by atoms with Gasteiger partial charge in [0.25, 0.3) is 0 Å². The first-order chi connectivity index (χ1) is 8.17. The van der Waals surface area contributed by atoms with E-state index in [1.165, 1.54) is 6.33 Å². The maximum atomic E-state index is 10.9. The first-order valence-electron chi connectivity index (χ1n) is 5.31. The molecule has 1 N–H and O–H groups in total. The number of ether oxygens (including phenoxy) is 1. The summed E-state index contributed by atoms with van der Waals surface area (Å²) in [5, 5.41) is 0. The van der Waals surface area contributed by atoms with Crippen LogP contribution >= 0.6 is 0 Å². The first kappa shape index (κ1) is 11.4. The molecule has 1 heterocycles. The highest BCUT2D eigenvalue weighted by molar-refractivity contribution is 5.85. The summed E-state index contributed by atoms with van der Waals surface area (Å²) in [6.45, 7) is 4.04. The summed E-state index contributed by atoms with van der Waals surface area (Å²) in [7, 11) is 1.61. The number of carbonyl (C=O) groups excluding carboxylic acids is 1. The number of benzene rings is 1. The van der Waals surface area contributed by atoms with Crippen molar-refractivity contribution < 1.29 is 9.53 Å². The van der Waals surface area contributed by atoms with Crippen LogP contribution in [0.25, 0.3) is 11.3 Å². The minimum atomic E-state index is 0.464. The van der Waals surface area contributed by atoms with Crippen LogP contribution in [0, 0.1) is 13.8 Å². The van der Waals surface area contributed by atoms with Gasteiger partial charge in [-0.2, -0.15) is 0 Å². The molecule has 0 aliphatic carbocycles. The number of aromatic nitrogens is 2. The molecule has 0 aliphatic rings. The van der Waals surface area contributed by atoms with Crippen LogP contribution in [0.2, 0.25) is 0 Å². The second kappa shape index (κ2) is 4.41. The monoisotopic (exact) mass is 230 g/mol. The van der Waals surface area contributed by atoms with E-state index in [4.69, 9.17) is 4.74 Å². The molecule has 0 unspecified atom stereocenters. The highest BCUT2D eigenvalue weighted by Gasteiger charge is 2.14. The second-order valence-electron chi connectivity index (χ2n) is 3.92. The number of imidazole rings is 1. The zero-order valence-electron chi connectivity index (χ0n) is 10.1. The summed E-state index contributed by atoms with van der Waals surface area (Å²) >= 11 is 0. The van der Waals surface area contributed by atoms with Gasteiger partial charge in [-0.25, -0.2) is 4.98 Å². The molecule has 0 bridgehead atoms. The van der Waals surface area contributed by atoms with Crippen molar-refractivity contribution in [3.63, 3.8) is 0 Å². The Hall–Kier alpha value is -2.10. The van der Waals surface area contributed by atoms with Gasteiger partial charge in [0, 0.05) is 5.56 Å². The highest BCUT2D eigenvalue weighted by atomic mass is 16.5. The molecule has 17 heavy (non-hydrogen) atoms. The Morgan fingerprint density at radius 1 is 1.29 bits per heavy atom. The van der Waals surface area contributed by atoms with Crippen LogP contribution < -0.4 is 4.74 Å². The Bertz CT molecular complexity index is 559. The van der Waals surface area contributed by atoms with Gasteiger partial charge < -0.3 is 9.72 Å². The highest BCUT2D eigenvalue weighted by Crippen LogP contribution is 2.32. The van der Waals surface area contributed by atoms with E-state index in [9.17, 15) is 4.79 Å². The van der Waals surface area contributed by atoms with Gasteiger partial charge in [0.05, 0.1) is 13.4 Å².